The van der Waals surface area contributed by atoms with Crippen molar-refractivity contribution in [2.75, 3.05) is 10.6 Å². The Labute approximate surface area is 217 Å². The molecule has 9 nitrogen and oxygen atoms in total. The van der Waals surface area contributed by atoms with Gasteiger partial charge >= 0.3 is 0 Å². The molecular weight excluding hydrogens is 490 g/mol. The molecule has 2 aromatic carbocycles. The molecule has 190 valence electrons. The number of anilines is 2. The largest absolute Gasteiger partial charge is 0.467 e. The zero-order chi connectivity index (χ0) is 25.9. The van der Waals surface area contributed by atoms with Crippen LogP contribution < -0.4 is 21.7 Å². The summed E-state index contributed by atoms with van der Waals surface area (Å²) in [5.74, 6) is -1.48. The third-order valence-electron chi connectivity index (χ3n) is 6.67. The minimum absolute atomic E-state index is 0.0121. The first kappa shape index (κ1) is 24.5. The number of hydrogen-bond acceptors (Lipinski definition) is 7. The lowest BCUT2D eigenvalue weighted by molar-refractivity contribution is -0.123. The number of carbonyl (C=O) groups excluding carboxylic acids is 3. The maximum atomic E-state index is 14.2. The number of nitrogens with two attached hydrogens (primary N) is 2. The van der Waals surface area contributed by atoms with Gasteiger partial charge in [-0.25, -0.2) is 0 Å². The van der Waals surface area contributed by atoms with Gasteiger partial charge in [-0.15, -0.1) is 0 Å². The minimum atomic E-state index is -1.13. The van der Waals surface area contributed by atoms with Crippen molar-refractivity contribution in [3.05, 3.63) is 77.2 Å². The van der Waals surface area contributed by atoms with Crippen molar-refractivity contribution in [3.8, 4) is 0 Å². The van der Waals surface area contributed by atoms with Crippen molar-refractivity contribution in [1.29, 1.82) is 0 Å². The SMILES string of the molecule is NC(=O)c1nsc(C(=O)N(c2cccc3ccccc23)[C@@H](C(=O)NC2CCCCC2)c2ccco2)c1N. The summed E-state index contributed by atoms with van der Waals surface area (Å²) in [5, 5.41) is 4.79. The summed E-state index contributed by atoms with van der Waals surface area (Å²) in [5.41, 5.74) is 11.8. The van der Waals surface area contributed by atoms with Crippen LogP contribution in [0, 0.1) is 0 Å². The number of rotatable bonds is 7. The van der Waals surface area contributed by atoms with Gasteiger partial charge in [-0.2, -0.15) is 4.37 Å². The number of aromatic nitrogens is 1. The maximum absolute atomic E-state index is 14.2. The van der Waals surface area contributed by atoms with Gasteiger partial charge in [0, 0.05) is 11.4 Å². The van der Waals surface area contributed by atoms with E-state index in [1.54, 1.807) is 18.2 Å². The molecule has 10 heteroatoms. The quantitative estimate of drug-likeness (QED) is 0.331. The maximum Gasteiger partial charge on any atom is 0.273 e. The molecule has 1 fully saturated rings. The molecule has 0 spiro atoms. The molecule has 0 unspecified atom stereocenters. The third-order valence-corrected chi connectivity index (χ3v) is 7.52. The van der Waals surface area contributed by atoms with Gasteiger partial charge in [0.15, 0.2) is 11.7 Å². The average molecular weight is 518 g/mol. The first-order chi connectivity index (χ1) is 18.0. The molecule has 2 aromatic heterocycles. The Bertz CT molecular complexity index is 1440. The summed E-state index contributed by atoms with van der Waals surface area (Å²) in [6.45, 7) is 0. The van der Waals surface area contributed by atoms with Gasteiger partial charge in [0.2, 0.25) is 0 Å². The predicted molar refractivity (Wildman–Crippen MR) is 142 cm³/mol. The van der Waals surface area contributed by atoms with Crippen molar-refractivity contribution in [3.63, 3.8) is 0 Å². The zero-order valence-corrected chi connectivity index (χ0v) is 20.9. The van der Waals surface area contributed by atoms with Gasteiger partial charge in [-0.3, -0.25) is 19.3 Å². The van der Waals surface area contributed by atoms with Crippen LogP contribution in [-0.4, -0.2) is 28.1 Å². The lowest BCUT2D eigenvalue weighted by Gasteiger charge is -2.32. The Morgan fingerprint density at radius 1 is 1.03 bits per heavy atom. The van der Waals surface area contributed by atoms with E-state index in [0.29, 0.717) is 11.4 Å². The summed E-state index contributed by atoms with van der Waals surface area (Å²) in [6, 6.07) is 15.3. The summed E-state index contributed by atoms with van der Waals surface area (Å²) >= 11 is 0.774. The molecule has 1 saturated carbocycles. The van der Waals surface area contributed by atoms with E-state index in [0.717, 1.165) is 54.4 Å². The summed E-state index contributed by atoms with van der Waals surface area (Å²) in [6.07, 6.45) is 6.44. The summed E-state index contributed by atoms with van der Waals surface area (Å²) < 4.78 is 9.71. The Morgan fingerprint density at radius 2 is 1.78 bits per heavy atom. The smallest absolute Gasteiger partial charge is 0.273 e. The molecule has 5 rings (SSSR count). The van der Waals surface area contributed by atoms with Gasteiger partial charge < -0.3 is 21.2 Å². The zero-order valence-electron chi connectivity index (χ0n) is 20.1. The van der Waals surface area contributed by atoms with Gasteiger partial charge in [-0.1, -0.05) is 55.7 Å². The van der Waals surface area contributed by atoms with Crippen LogP contribution in [0.5, 0.6) is 0 Å². The van der Waals surface area contributed by atoms with E-state index in [1.807, 2.05) is 36.4 Å². The second-order valence-corrected chi connectivity index (χ2v) is 9.85. The van der Waals surface area contributed by atoms with Crippen LogP contribution in [0.15, 0.2) is 65.3 Å². The number of amides is 3. The molecule has 0 bridgehead atoms. The molecule has 0 radical (unpaired) electrons. The Balaban J connectivity index is 1.67. The first-order valence-electron chi connectivity index (χ1n) is 12.2. The highest BCUT2D eigenvalue weighted by Gasteiger charge is 2.39. The fraction of sp³-hybridized carbons (Fsp3) is 0.259. The molecule has 37 heavy (non-hydrogen) atoms. The Kier molecular flexibility index (Phi) is 6.91. The molecule has 0 saturated heterocycles. The fourth-order valence-electron chi connectivity index (χ4n) is 4.87. The van der Waals surface area contributed by atoms with Gasteiger partial charge in [0.25, 0.3) is 17.7 Å². The van der Waals surface area contributed by atoms with Gasteiger partial charge in [0.1, 0.15) is 10.6 Å². The molecule has 2 heterocycles. The molecule has 1 aliphatic rings. The monoisotopic (exact) mass is 517 g/mol. The van der Waals surface area contributed by atoms with Crippen LogP contribution in [0.1, 0.15) is 64.1 Å². The van der Waals surface area contributed by atoms with E-state index >= 15 is 0 Å². The highest BCUT2D eigenvalue weighted by molar-refractivity contribution is 7.09. The standard InChI is InChI=1S/C27H27N5O4S/c28-21-22(25(29)33)31-37-24(21)27(35)32(19-13-6-9-16-8-4-5-12-18(16)19)23(20-14-7-15-36-20)26(34)30-17-10-2-1-3-11-17/h4-9,12-15,17,23H,1-3,10-11,28H2,(H2,29,33)(H,30,34)/t23-/m1/s1. The van der Waals surface area contributed by atoms with Gasteiger partial charge in [-0.05, 0) is 48.0 Å². The number of nitrogens with one attached hydrogen (secondary N) is 1. The number of furan rings is 1. The predicted octanol–water partition coefficient (Wildman–Crippen LogP) is 4.41. The third kappa shape index (κ3) is 4.79. The number of benzene rings is 2. The molecule has 3 amide bonds. The van der Waals surface area contributed by atoms with Crippen molar-refractivity contribution >= 4 is 51.4 Å². The lowest BCUT2D eigenvalue weighted by Crippen LogP contribution is -2.47. The Hall–Kier alpha value is -4.18. The van der Waals surface area contributed by atoms with Crippen molar-refractivity contribution in [1.82, 2.24) is 9.69 Å². The van der Waals surface area contributed by atoms with Crippen molar-refractivity contribution in [2.45, 2.75) is 44.2 Å². The van der Waals surface area contributed by atoms with Crippen LogP contribution in [0.25, 0.3) is 10.8 Å². The second-order valence-electron chi connectivity index (χ2n) is 9.07. The number of fused-ring (bicyclic) bond motifs is 1. The normalized spacial score (nSPS) is 14.8. The highest BCUT2D eigenvalue weighted by atomic mass is 32.1. The lowest BCUT2D eigenvalue weighted by atomic mass is 9.95. The second kappa shape index (κ2) is 10.4. The van der Waals surface area contributed by atoms with Crippen molar-refractivity contribution < 1.29 is 18.8 Å². The van der Waals surface area contributed by atoms with Crippen LogP contribution in [0.3, 0.4) is 0 Å². The van der Waals surface area contributed by atoms with E-state index in [9.17, 15) is 14.4 Å². The fourth-order valence-corrected chi connectivity index (χ4v) is 5.61. The van der Waals surface area contributed by atoms with E-state index in [2.05, 4.69) is 9.69 Å². The number of hydrogen-bond donors (Lipinski definition) is 3. The molecule has 4 aromatic rings. The molecule has 1 aliphatic carbocycles. The average Bonchev–Trinajstić information content (AvgIpc) is 3.57. The van der Waals surface area contributed by atoms with Gasteiger partial charge in [0.05, 0.1) is 17.6 Å². The van der Waals surface area contributed by atoms with E-state index in [-0.39, 0.29) is 28.2 Å². The van der Waals surface area contributed by atoms with Crippen LogP contribution in [0.4, 0.5) is 11.4 Å². The summed E-state index contributed by atoms with van der Waals surface area (Å²) in [7, 11) is 0. The van der Waals surface area contributed by atoms with E-state index < -0.39 is 17.9 Å². The number of primary amides is 1. The number of nitrogens with zero attached hydrogens (tertiary/aromatic N) is 2. The molecular formula is C27H27N5O4S. The molecule has 5 N–H and O–H groups in total. The Morgan fingerprint density at radius 3 is 2.49 bits per heavy atom. The summed E-state index contributed by atoms with van der Waals surface area (Å²) in [4.78, 5) is 41.3. The van der Waals surface area contributed by atoms with Crippen LogP contribution >= 0.6 is 11.5 Å². The topological polar surface area (TPSA) is 145 Å². The number of carbonyl (C=O) groups is 3. The molecule has 1 atom stereocenters. The first-order valence-corrected chi connectivity index (χ1v) is 12.9. The van der Waals surface area contributed by atoms with Crippen LogP contribution in [0.2, 0.25) is 0 Å². The van der Waals surface area contributed by atoms with E-state index in [1.165, 1.54) is 11.2 Å². The molecule has 0 aliphatic heterocycles. The van der Waals surface area contributed by atoms with E-state index in [4.69, 9.17) is 15.9 Å². The minimum Gasteiger partial charge on any atom is -0.467 e. The van der Waals surface area contributed by atoms with Crippen LogP contribution in [-0.2, 0) is 4.79 Å². The van der Waals surface area contributed by atoms with Crippen molar-refractivity contribution in [2.24, 2.45) is 5.73 Å². The highest BCUT2D eigenvalue weighted by Crippen LogP contribution is 2.37. The number of nitrogen functional groups attached to an aromatic ring is 1.